The van der Waals surface area contributed by atoms with Crippen molar-refractivity contribution in [1.82, 2.24) is 9.55 Å². The van der Waals surface area contributed by atoms with Gasteiger partial charge in [-0.25, -0.2) is 9.78 Å². The molecule has 33 heavy (non-hydrogen) atoms. The third-order valence-corrected chi connectivity index (χ3v) is 6.77. The maximum atomic E-state index is 13.4. The van der Waals surface area contributed by atoms with Gasteiger partial charge in [-0.05, 0) is 36.9 Å². The Morgan fingerprint density at radius 1 is 1.24 bits per heavy atom. The molecule has 0 amide bonds. The fourth-order valence-corrected chi connectivity index (χ4v) is 4.99. The van der Waals surface area contributed by atoms with Gasteiger partial charge in [0.1, 0.15) is 23.2 Å². The van der Waals surface area contributed by atoms with Crippen molar-refractivity contribution < 1.29 is 27.8 Å². The first-order valence-corrected chi connectivity index (χ1v) is 12.0. The Morgan fingerprint density at radius 2 is 2.00 bits per heavy atom. The summed E-state index contributed by atoms with van der Waals surface area (Å²) in [5.74, 6) is -0.393. The first kappa shape index (κ1) is 23.2. The lowest BCUT2D eigenvalue weighted by Gasteiger charge is -2.19. The van der Waals surface area contributed by atoms with Crippen molar-refractivity contribution in [2.45, 2.75) is 25.0 Å². The van der Waals surface area contributed by atoms with E-state index in [1.54, 1.807) is 22.7 Å². The summed E-state index contributed by atoms with van der Waals surface area (Å²) in [5.41, 5.74) is 1.78. The third-order valence-electron chi connectivity index (χ3n) is 5.05. The number of nitrogens with zero attached hydrogens (tertiary/aromatic N) is 2. The Kier molecular flexibility index (Phi) is 6.40. The molecule has 0 aliphatic carbocycles. The summed E-state index contributed by atoms with van der Waals surface area (Å²) >= 11 is 2.66. The van der Waals surface area contributed by atoms with Crippen LogP contribution in [0.5, 0.6) is 5.75 Å². The number of carbonyl (C=O) groups is 1. The molecule has 5 nitrogen and oxygen atoms in total. The second kappa shape index (κ2) is 9.11. The Bertz CT molecular complexity index is 1310. The van der Waals surface area contributed by atoms with Gasteiger partial charge >= 0.3 is 12.1 Å². The van der Waals surface area contributed by atoms with E-state index >= 15 is 0 Å². The lowest BCUT2D eigenvalue weighted by Crippen LogP contribution is -2.14. The Balaban J connectivity index is 1.73. The number of hydrogen-bond acceptors (Lipinski definition) is 5. The number of hydrogen-bond donors (Lipinski definition) is 1. The molecule has 0 saturated heterocycles. The predicted octanol–water partition coefficient (Wildman–Crippen LogP) is 6.81. The predicted molar refractivity (Wildman–Crippen MR) is 124 cm³/mol. The van der Waals surface area contributed by atoms with Gasteiger partial charge in [-0.15, -0.1) is 11.3 Å². The van der Waals surface area contributed by atoms with Crippen molar-refractivity contribution in [2.24, 2.45) is 0 Å². The number of alkyl halides is 3. The molecule has 0 spiro atoms. The van der Waals surface area contributed by atoms with Gasteiger partial charge in [0, 0.05) is 17.4 Å². The van der Waals surface area contributed by atoms with E-state index in [-0.39, 0.29) is 16.2 Å². The molecule has 0 fully saturated rings. The monoisotopic (exact) mass is 492 g/mol. The number of thioether (sulfide) groups is 1. The maximum Gasteiger partial charge on any atom is 0.416 e. The van der Waals surface area contributed by atoms with E-state index in [9.17, 15) is 23.1 Å². The highest BCUT2D eigenvalue weighted by atomic mass is 32.2. The number of halogens is 3. The molecule has 0 aliphatic rings. The number of aromatic carboxylic acids is 1. The van der Waals surface area contributed by atoms with Gasteiger partial charge in [0.05, 0.1) is 16.6 Å². The minimum atomic E-state index is -4.55. The van der Waals surface area contributed by atoms with E-state index in [2.05, 4.69) is 4.98 Å². The van der Waals surface area contributed by atoms with E-state index in [0.29, 0.717) is 5.00 Å². The van der Waals surface area contributed by atoms with Crippen molar-refractivity contribution in [3.8, 4) is 10.8 Å². The first-order chi connectivity index (χ1) is 15.7. The van der Waals surface area contributed by atoms with Crippen LogP contribution in [0, 0.1) is 0 Å². The van der Waals surface area contributed by atoms with Crippen LogP contribution in [-0.4, -0.2) is 26.9 Å². The highest BCUT2D eigenvalue weighted by Crippen LogP contribution is 2.39. The molecule has 0 bridgehead atoms. The molecule has 10 heteroatoms. The van der Waals surface area contributed by atoms with Crippen LogP contribution in [0.4, 0.5) is 13.2 Å². The van der Waals surface area contributed by atoms with Crippen LogP contribution >= 0.6 is 23.1 Å². The van der Waals surface area contributed by atoms with Crippen molar-refractivity contribution >= 4 is 40.1 Å². The van der Waals surface area contributed by atoms with Crippen molar-refractivity contribution in [2.75, 3.05) is 6.26 Å². The molecular weight excluding hydrogens is 473 g/mol. The smallest absolute Gasteiger partial charge is 0.416 e. The molecule has 0 unspecified atom stereocenters. The van der Waals surface area contributed by atoms with Gasteiger partial charge in [0.15, 0.2) is 4.88 Å². The van der Waals surface area contributed by atoms with Crippen LogP contribution in [0.15, 0.2) is 54.9 Å². The number of carboxylic acid groups (broad SMARTS) is 1. The molecule has 4 aromatic rings. The summed E-state index contributed by atoms with van der Waals surface area (Å²) in [6.45, 7) is 1.47. The number of aromatic nitrogens is 2. The van der Waals surface area contributed by atoms with E-state index in [4.69, 9.17) is 4.74 Å². The molecule has 1 N–H and O–H groups in total. The second-order valence-corrected chi connectivity index (χ2v) is 9.20. The third kappa shape index (κ3) is 4.72. The number of benzene rings is 2. The lowest BCUT2D eigenvalue weighted by molar-refractivity contribution is -0.139. The van der Waals surface area contributed by atoms with Crippen LogP contribution in [-0.2, 0) is 11.9 Å². The highest BCUT2D eigenvalue weighted by molar-refractivity contribution is 7.97. The largest absolute Gasteiger partial charge is 0.484 e. The summed E-state index contributed by atoms with van der Waals surface area (Å²) in [5, 5.41) is 10.2. The van der Waals surface area contributed by atoms with Crippen molar-refractivity contribution in [1.29, 1.82) is 0 Å². The Labute approximate surface area is 195 Å². The lowest BCUT2D eigenvalue weighted by atomic mass is 10.0. The zero-order valence-electron chi connectivity index (χ0n) is 17.6. The molecule has 2 heterocycles. The summed E-state index contributed by atoms with van der Waals surface area (Å²) in [6.07, 6.45) is -1.97. The summed E-state index contributed by atoms with van der Waals surface area (Å²) in [7, 11) is 0. The average molecular weight is 493 g/mol. The molecule has 2 aromatic carbocycles. The normalized spacial score (nSPS) is 12.8. The van der Waals surface area contributed by atoms with Crippen LogP contribution < -0.4 is 4.74 Å². The van der Waals surface area contributed by atoms with Gasteiger partial charge in [0.2, 0.25) is 0 Å². The molecule has 0 saturated carbocycles. The fraction of sp³-hybridized carbons (Fsp3) is 0.217. The van der Waals surface area contributed by atoms with Crippen LogP contribution in [0.3, 0.4) is 0 Å². The second-order valence-electron chi connectivity index (χ2n) is 7.30. The van der Waals surface area contributed by atoms with E-state index in [0.717, 1.165) is 39.8 Å². The topological polar surface area (TPSA) is 64.4 Å². The van der Waals surface area contributed by atoms with Gasteiger partial charge < -0.3 is 9.84 Å². The van der Waals surface area contributed by atoms with Gasteiger partial charge in [-0.1, -0.05) is 24.3 Å². The van der Waals surface area contributed by atoms with E-state index in [1.165, 1.54) is 31.2 Å². The minimum Gasteiger partial charge on any atom is -0.484 e. The highest BCUT2D eigenvalue weighted by Gasteiger charge is 2.35. The van der Waals surface area contributed by atoms with Crippen LogP contribution in [0.2, 0.25) is 0 Å². The SMILES string of the molecule is CSCc1ccc2ncn(-c3cc(O[C@H](C)c4ccccc4C(F)(F)F)c(C(=O)O)s3)c2c1. The van der Waals surface area contributed by atoms with Gasteiger partial charge in [-0.2, -0.15) is 24.9 Å². The maximum absolute atomic E-state index is 13.4. The summed E-state index contributed by atoms with van der Waals surface area (Å²) in [6, 6.07) is 12.5. The molecule has 4 rings (SSSR count). The number of fused-ring (bicyclic) bond motifs is 1. The summed E-state index contributed by atoms with van der Waals surface area (Å²) < 4.78 is 47.8. The molecule has 2 aromatic heterocycles. The van der Waals surface area contributed by atoms with Gasteiger partial charge in [-0.3, -0.25) is 4.57 Å². The molecule has 172 valence electrons. The molecule has 0 aliphatic heterocycles. The van der Waals surface area contributed by atoms with Crippen molar-refractivity contribution in [3.63, 3.8) is 0 Å². The molecule has 1 atom stereocenters. The number of carboxylic acids is 1. The number of ether oxygens (including phenoxy) is 1. The summed E-state index contributed by atoms with van der Waals surface area (Å²) in [4.78, 5) is 16.2. The zero-order valence-corrected chi connectivity index (χ0v) is 19.2. The number of thiophene rings is 1. The number of rotatable bonds is 7. The van der Waals surface area contributed by atoms with E-state index < -0.39 is 23.8 Å². The van der Waals surface area contributed by atoms with Crippen molar-refractivity contribution in [3.05, 3.63) is 76.4 Å². The minimum absolute atomic E-state index is 0.00842. The fourth-order valence-electron chi connectivity index (χ4n) is 3.57. The molecule has 0 radical (unpaired) electrons. The van der Waals surface area contributed by atoms with E-state index in [1.807, 2.05) is 24.5 Å². The quantitative estimate of drug-likeness (QED) is 0.307. The van der Waals surface area contributed by atoms with Crippen LogP contribution in [0.25, 0.3) is 16.0 Å². The van der Waals surface area contributed by atoms with Gasteiger partial charge in [0.25, 0.3) is 0 Å². The Morgan fingerprint density at radius 3 is 2.70 bits per heavy atom. The standard InChI is InChI=1S/C23H19F3N2O3S2/c1-13(15-5-3-4-6-16(15)23(24,25)26)31-19-10-20(33-21(19)22(29)30)28-12-27-17-8-7-14(11-32-2)9-18(17)28/h3-10,12-13H,11H2,1-2H3,(H,29,30)/t13-/m1/s1. The number of imidazole rings is 1. The van der Waals surface area contributed by atoms with Crippen LogP contribution in [0.1, 0.15) is 39.4 Å². The first-order valence-electron chi connectivity index (χ1n) is 9.84. The zero-order chi connectivity index (χ0) is 23.8. The Hall–Kier alpha value is -2.98. The average Bonchev–Trinajstić information content (AvgIpc) is 3.37. The molecular formula is C23H19F3N2O3S2.